The second-order valence-corrected chi connectivity index (χ2v) is 6.12. The number of pyridine rings is 1. The Balaban J connectivity index is 2.06. The van der Waals surface area contributed by atoms with Crippen molar-refractivity contribution in [3.63, 3.8) is 0 Å². The van der Waals surface area contributed by atoms with Crippen LogP contribution in [0.1, 0.15) is 30.0 Å². The number of rotatable bonds is 6. The van der Waals surface area contributed by atoms with Gasteiger partial charge in [0.05, 0.1) is 0 Å². The zero-order chi connectivity index (χ0) is 14.4. The smallest absolute Gasteiger partial charge is 0.104 e. The van der Waals surface area contributed by atoms with E-state index in [1.165, 1.54) is 21.6 Å². The molecule has 1 heterocycles. The number of nitrogens with zero attached hydrogens (tertiary/aromatic N) is 1. The van der Waals surface area contributed by atoms with E-state index in [0.29, 0.717) is 0 Å². The van der Waals surface area contributed by atoms with Crippen molar-refractivity contribution in [2.75, 3.05) is 6.54 Å². The molecule has 0 atom stereocenters. The number of aromatic nitrogens is 1. The average Bonchev–Trinajstić information content (AvgIpc) is 2.42. The first-order valence-corrected chi connectivity index (χ1v) is 7.91. The number of hydrogen-bond donors (Lipinski definition) is 1. The maximum absolute atomic E-state index is 4.60. The summed E-state index contributed by atoms with van der Waals surface area (Å²) in [4.78, 5) is 5.85. The van der Waals surface area contributed by atoms with E-state index in [4.69, 9.17) is 0 Å². The first-order chi connectivity index (χ1) is 9.69. The summed E-state index contributed by atoms with van der Waals surface area (Å²) < 4.78 is 0. The fourth-order valence-corrected chi connectivity index (χ4v) is 2.96. The van der Waals surface area contributed by atoms with Crippen molar-refractivity contribution < 1.29 is 0 Å². The zero-order valence-corrected chi connectivity index (χ0v) is 13.3. The van der Waals surface area contributed by atoms with Crippen LogP contribution in [0.15, 0.2) is 46.5 Å². The fraction of sp³-hybridized carbons (Fsp3) is 0.353. The predicted octanol–water partition coefficient (Wildman–Crippen LogP) is 4.35. The lowest BCUT2D eigenvalue weighted by atomic mass is 10.2. The molecule has 2 nitrogen and oxygen atoms in total. The summed E-state index contributed by atoms with van der Waals surface area (Å²) in [6, 6.07) is 10.8. The summed E-state index contributed by atoms with van der Waals surface area (Å²) in [5.41, 5.74) is 3.78. The monoisotopic (exact) mass is 286 g/mol. The molecular formula is C17H22N2S. The fourth-order valence-electron chi connectivity index (χ4n) is 2.02. The van der Waals surface area contributed by atoms with Crippen LogP contribution < -0.4 is 5.32 Å². The Bertz CT molecular complexity index is 567. The quantitative estimate of drug-likeness (QED) is 0.799. The molecule has 2 rings (SSSR count). The molecule has 1 aromatic carbocycles. The molecule has 0 bridgehead atoms. The van der Waals surface area contributed by atoms with Crippen molar-refractivity contribution in [3.8, 4) is 0 Å². The third-order valence-electron chi connectivity index (χ3n) is 3.05. The van der Waals surface area contributed by atoms with E-state index < -0.39 is 0 Å². The SMILES string of the molecule is CCCNCc1cnc(Sc2cccc(C)c2)c(C)c1. The van der Waals surface area contributed by atoms with Crippen LogP contribution in [0.3, 0.4) is 0 Å². The van der Waals surface area contributed by atoms with Crippen LogP contribution in [-0.4, -0.2) is 11.5 Å². The minimum Gasteiger partial charge on any atom is -0.313 e. The molecule has 0 saturated carbocycles. The third-order valence-corrected chi connectivity index (χ3v) is 4.16. The highest BCUT2D eigenvalue weighted by atomic mass is 32.2. The second kappa shape index (κ2) is 7.46. The number of aryl methyl sites for hydroxylation is 2. The van der Waals surface area contributed by atoms with Crippen molar-refractivity contribution >= 4 is 11.8 Å². The van der Waals surface area contributed by atoms with Gasteiger partial charge in [0.15, 0.2) is 0 Å². The molecule has 20 heavy (non-hydrogen) atoms. The number of benzene rings is 1. The summed E-state index contributed by atoms with van der Waals surface area (Å²) in [5, 5.41) is 4.50. The Morgan fingerprint density at radius 3 is 2.75 bits per heavy atom. The molecule has 0 unspecified atom stereocenters. The lowest BCUT2D eigenvalue weighted by molar-refractivity contribution is 0.672. The van der Waals surface area contributed by atoms with Gasteiger partial charge in [-0.1, -0.05) is 42.4 Å². The first-order valence-electron chi connectivity index (χ1n) is 7.10. The van der Waals surface area contributed by atoms with Gasteiger partial charge in [-0.25, -0.2) is 4.98 Å². The maximum atomic E-state index is 4.60. The van der Waals surface area contributed by atoms with Gasteiger partial charge in [0.25, 0.3) is 0 Å². The van der Waals surface area contributed by atoms with Gasteiger partial charge >= 0.3 is 0 Å². The molecule has 0 radical (unpaired) electrons. The van der Waals surface area contributed by atoms with Crippen molar-refractivity contribution in [3.05, 3.63) is 53.2 Å². The molecule has 2 aromatic rings. The molecule has 106 valence electrons. The van der Waals surface area contributed by atoms with Crippen molar-refractivity contribution in [1.82, 2.24) is 10.3 Å². The normalized spacial score (nSPS) is 10.8. The predicted molar refractivity (Wildman–Crippen MR) is 86.3 cm³/mol. The van der Waals surface area contributed by atoms with Gasteiger partial charge in [0, 0.05) is 17.6 Å². The summed E-state index contributed by atoms with van der Waals surface area (Å²) in [6.07, 6.45) is 3.14. The Morgan fingerprint density at radius 2 is 2.05 bits per heavy atom. The van der Waals surface area contributed by atoms with E-state index in [1.807, 2.05) is 6.20 Å². The molecule has 0 aliphatic rings. The van der Waals surface area contributed by atoms with Crippen molar-refractivity contribution in [2.24, 2.45) is 0 Å². The minimum absolute atomic E-state index is 0.900. The standard InChI is InChI=1S/C17H22N2S/c1-4-8-18-11-15-10-14(3)17(19-12-15)20-16-7-5-6-13(2)9-16/h5-7,9-10,12,18H,4,8,11H2,1-3H3. The van der Waals surface area contributed by atoms with Gasteiger partial charge in [-0.2, -0.15) is 0 Å². The summed E-state index contributed by atoms with van der Waals surface area (Å²) in [7, 11) is 0. The van der Waals surface area contributed by atoms with Crippen LogP contribution in [0.2, 0.25) is 0 Å². The molecule has 3 heteroatoms. The third kappa shape index (κ3) is 4.36. The van der Waals surface area contributed by atoms with Crippen LogP contribution in [0, 0.1) is 13.8 Å². The Labute approximate surface area is 126 Å². The van der Waals surface area contributed by atoms with E-state index in [2.05, 4.69) is 61.4 Å². The highest BCUT2D eigenvalue weighted by Crippen LogP contribution is 2.29. The minimum atomic E-state index is 0.900. The van der Waals surface area contributed by atoms with Crippen LogP contribution in [0.25, 0.3) is 0 Å². The van der Waals surface area contributed by atoms with Crippen molar-refractivity contribution in [2.45, 2.75) is 43.7 Å². The van der Waals surface area contributed by atoms with Gasteiger partial charge in [-0.3, -0.25) is 0 Å². The lowest BCUT2D eigenvalue weighted by Gasteiger charge is -2.08. The Hall–Kier alpha value is -1.32. The van der Waals surface area contributed by atoms with Gasteiger partial charge in [0.1, 0.15) is 5.03 Å². The number of nitrogens with one attached hydrogen (secondary N) is 1. The molecule has 0 saturated heterocycles. The molecule has 0 spiro atoms. The summed E-state index contributed by atoms with van der Waals surface area (Å²) in [6.45, 7) is 8.38. The Kier molecular flexibility index (Phi) is 5.62. The van der Waals surface area contributed by atoms with E-state index >= 15 is 0 Å². The highest BCUT2D eigenvalue weighted by Gasteiger charge is 2.04. The zero-order valence-electron chi connectivity index (χ0n) is 12.4. The average molecular weight is 286 g/mol. The van der Waals surface area contributed by atoms with E-state index in [0.717, 1.165) is 24.5 Å². The number of hydrogen-bond acceptors (Lipinski definition) is 3. The molecule has 1 N–H and O–H groups in total. The van der Waals surface area contributed by atoms with Gasteiger partial charge in [-0.05, 0) is 50.1 Å². The summed E-state index contributed by atoms with van der Waals surface area (Å²) in [5.74, 6) is 0. The molecular weight excluding hydrogens is 264 g/mol. The van der Waals surface area contributed by atoms with E-state index in [9.17, 15) is 0 Å². The van der Waals surface area contributed by atoms with E-state index in [-0.39, 0.29) is 0 Å². The highest BCUT2D eigenvalue weighted by molar-refractivity contribution is 7.99. The molecule has 1 aromatic heterocycles. The van der Waals surface area contributed by atoms with Crippen LogP contribution in [-0.2, 0) is 6.54 Å². The Morgan fingerprint density at radius 1 is 1.20 bits per heavy atom. The van der Waals surface area contributed by atoms with Crippen LogP contribution in [0.4, 0.5) is 0 Å². The molecule has 0 fully saturated rings. The van der Waals surface area contributed by atoms with Gasteiger partial charge < -0.3 is 5.32 Å². The topological polar surface area (TPSA) is 24.9 Å². The van der Waals surface area contributed by atoms with Crippen LogP contribution in [0.5, 0.6) is 0 Å². The lowest BCUT2D eigenvalue weighted by Crippen LogP contribution is -2.14. The van der Waals surface area contributed by atoms with E-state index in [1.54, 1.807) is 11.8 Å². The first kappa shape index (κ1) is 15.1. The maximum Gasteiger partial charge on any atom is 0.104 e. The van der Waals surface area contributed by atoms with Gasteiger partial charge in [-0.15, -0.1) is 0 Å². The van der Waals surface area contributed by atoms with Crippen LogP contribution >= 0.6 is 11.8 Å². The largest absolute Gasteiger partial charge is 0.313 e. The second-order valence-electron chi connectivity index (χ2n) is 5.06. The molecule has 0 aliphatic heterocycles. The summed E-state index contributed by atoms with van der Waals surface area (Å²) >= 11 is 1.73. The van der Waals surface area contributed by atoms with Gasteiger partial charge in [0.2, 0.25) is 0 Å². The van der Waals surface area contributed by atoms with Crippen molar-refractivity contribution in [1.29, 1.82) is 0 Å². The molecule has 0 amide bonds. The molecule has 0 aliphatic carbocycles.